The lowest BCUT2D eigenvalue weighted by molar-refractivity contribution is 0.0209. The maximum atomic E-state index is 13.9. The first kappa shape index (κ1) is 16.4. The zero-order valence-corrected chi connectivity index (χ0v) is 13.5. The number of carbonyl (C=O) groups is 1. The van der Waals surface area contributed by atoms with E-state index in [9.17, 15) is 18.4 Å². The predicted molar refractivity (Wildman–Crippen MR) is 81.0 cm³/mol. The number of hydrogen-bond acceptors (Lipinski definition) is 4. The van der Waals surface area contributed by atoms with E-state index in [1.54, 1.807) is 20.8 Å². The normalized spacial score (nSPS) is 21.5. The number of aromatic amines is 1. The number of nitrogens with one attached hydrogen (secondary N) is 1. The molecule has 9 heteroatoms. The van der Waals surface area contributed by atoms with Crippen LogP contribution in [0.25, 0.3) is 5.52 Å². The molecule has 1 saturated heterocycles. The van der Waals surface area contributed by atoms with E-state index in [-0.39, 0.29) is 24.3 Å². The molecule has 0 spiro atoms. The van der Waals surface area contributed by atoms with Gasteiger partial charge in [-0.05, 0) is 26.8 Å². The van der Waals surface area contributed by atoms with Crippen molar-refractivity contribution in [2.24, 2.45) is 0 Å². The summed E-state index contributed by atoms with van der Waals surface area (Å²) in [6.07, 6.45) is -0.667. The fraction of sp³-hybridized carbons (Fsp3) is 0.533. The zero-order valence-electron chi connectivity index (χ0n) is 13.5. The van der Waals surface area contributed by atoms with Gasteiger partial charge in [0.1, 0.15) is 11.8 Å². The summed E-state index contributed by atoms with van der Waals surface area (Å²) in [5.74, 6) is -0.608. The highest BCUT2D eigenvalue weighted by Gasteiger charge is 2.40. The molecule has 3 heterocycles. The Balaban J connectivity index is 1.97. The molecule has 2 aromatic rings. The summed E-state index contributed by atoms with van der Waals surface area (Å²) in [5.41, 5.74) is -1.64. The van der Waals surface area contributed by atoms with E-state index in [1.807, 2.05) is 0 Å². The molecule has 0 saturated carbocycles. The Bertz CT molecular complexity index is 839. The van der Waals surface area contributed by atoms with Gasteiger partial charge in [-0.15, -0.1) is 0 Å². The van der Waals surface area contributed by atoms with Crippen LogP contribution in [0.2, 0.25) is 0 Å². The average Bonchev–Trinajstić information content (AvgIpc) is 3.01. The van der Waals surface area contributed by atoms with Gasteiger partial charge >= 0.3 is 6.09 Å². The van der Waals surface area contributed by atoms with Gasteiger partial charge in [0.25, 0.3) is 5.56 Å². The Morgan fingerprint density at radius 1 is 1.46 bits per heavy atom. The van der Waals surface area contributed by atoms with Crippen LogP contribution in [0.4, 0.5) is 13.6 Å². The van der Waals surface area contributed by atoms with Crippen LogP contribution in [0.1, 0.15) is 39.1 Å². The van der Waals surface area contributed by atoms with Crippen LogP contribution in [0.5, 0.6) is 0 Å². The Kier molecular flexibility index (Phi) is 3.81. The number of rotatable bonds is 1. The van der Waals surface area contributed by atoms with Gasteiger partial charge in [-0.2, -0.15) is 5.10 Å². The third kappa shape index (κ3) is 2.98. The smallest absolute Gasteiger partial charge is 0.411 e. The second-order valence-corrected chi connectivity index (χ2v) is 6.78. The number of hydrogen-bond donors (Lipinski definition) is 1. The molecule has 0 bridgehead atoms. The molecule has 0 aromatic carbocycles. The molecule has 2 aromatic heterocycles. The third-order valence-corrected chi connectivity index (χ3v) is 3.68. The van der Waals surface area contributed by atoms with E-state index in [0.29, 0.717) is 0 Å². The quantitative estimate of drug-likeness (QED) is 0.863. The molecule has 0 aliphatic carbocycles. The van der Waals surface area contributed by atoms with Crippen molar-refractivity contribution in [1.29, 1.82) is 0 Å². The molecule has 130 valence electrons. The SMILES string of the molecule is CC(C)(C)OC(=O)N1C[C@@H](F)C[C@H]1c1nn2ccc(F)c2c(=O)[nH]1. The van der Waals surface area contributed by atoms with E-state index >= 15 is 0 Å². The minimum absolute atomic E-state index is 0.0164. The standard InChI is InChI=1S/C15H18F2N4O3/c1-15(2,3)24-14(23)20-7-8(16)6-10(20)12-18-13(22)11-9(17)4-5-21(11)19-12/h4-5,8,10H,6-7H2,1-3H3,(H,18,19,22)/t8-,10-/m0/s1. The Morgan fingerprint density at radius 2 is 2.17 bits per heavy atom. The van der Waals surface area contributed by atoms with Gasteiger partial charge < -0.3 is 9.72 Å². The van der Waals surface area contributed by atoms with E-state index in [2.05, 4.69) is 10.1 Å². The predicted octanol–water partition coefficient (Wildman–Crippen LogP) is 2.18. The van der Waals surface area contributed by atoms with Crippen LogP contribution in [0.15, 0.2) is 17.1 Å². The van der Waals surface area contributed by atoms with Crippen LogP contribution < -0.4 is 5.56 Å². The molecule has 1 fully saturated rings. The molecule has 0 radical (unpaired) electrons. The van der Waals surface area contributed by atoms with E-state index in [1.165, 1.54) is 11.1 Å². The zero-order chi connectivity index (χ0) is 17.6. The minimum Gasteiger partial charge on any atom is -0.444 e. The molecule has 1 aliphatic heterocycles. The van der Waals surface area contributed by atoms with Crippen molar-refractivity contribution in [2.75, 3.05) is 6.54 Å². The molecule has 1 amide bonds. The third-order valence-electron chi connectivity index (χ3n) is 3.68. The van der Waals surface area contributed by atoms with Crippen molar-refractivity contribution >= 4 is 11.6 Å². The van der Waals surface area contributed by atoms with Gasteiger partial charge in [0, 0.05) is 12.6 Å². The first-order valence-electron chi connectivity index (χ1n) is 7.56. The number of likely N-dealkylation sites (tertiary alicyclic amines) is 1. The highest BCUT2D eigenvalue weighted by atomic mass is 19.1. The van der Waals surface area contributed by atoms with Crippen molar-refractivity contribution < 1.29 is 18.3 Å². The molecule has 2 atom stereocenters. The number of carbonyl (C=O) groups excluding carboxylic acids is 1. The van der Waals surface area contributed by atoms with E-state index in [4.69, 9.17) is 4.74 Å². The average molecular weight is 340 g/mol. The maximum absolute atomic E-state index is 13.9. The molecular weight excluding hydrogens is 322 g/mol. The van der Waals surface area contributed by atoms with Crippen LogP contribution in [-0.2, 0) is 4.74 Å². The summed E-state index contributed by atoms with van der Waals surface area (Å²) in [4.78, 5) is 28.0. The number of alkyl halides is 1. The van der Waals surface area contributed by atoms with Gasteiger partial charge in [0.2, 0.25) is 0 Å². The summed E-state index contributed by atoms with van der Waals surface area (Å²) in [5, 5.41) is 4.11. The van der Waals surface area contributed by atoms with Crippen molar-refractivity contribution in [3.05, 3.63) is 34.3 Å². The van der Waals surface area contributed by atoms with E-state index < -0.39 is 35.3 Å². The largest absolute Gasteiger partial charge is 0.444 e. The van der Waals surface area contributed by atoms with Gasteiger partial charge in [-0.25, -0.2) is 18.1 Å². The van der Waals surface area contributed by atoms with Crippen molar-refractivity contribution in [3.8, 4) is 0 Å². The summed E-state index contributed by atoms with van der Waals surface area (Å²) >= 11 is 0. The Hall–Kier alpha value is -2.45. The highest BCUT2D eigenvalue weighted by molar-refractivity contribution is 5.69. The first-order valence-corrected chi connectivity index (χ1v) is 7.56. The monoisotopic (exact) mass is 340 g/mol. The van der Waals surface area contributed by atoms with Crippen molar-refractivity contribution in [3.63, 3.8) is 0 Å². The number of halogens is 2. The summed E-state index contributed by atoms with van der Waals surface area (Å²) in [7, 11) is 0. The van der Waals surface area contributed by atoms with E-state index in [0.717, 1.165) is 10.6 Å². The Morgan fingerprint density at radius 3 is 2.83 bits per heavy atom. The van der Waals surface area contributed by atoms with Gasteiger partial charge in [-0.3, -0.25) is 9.69 Å². The molecule has 0 unspecified atom stereocenters. The molecule has 7 nitrogen and oxygen atoms in total. The number of aromatic nitrogens is 3. The second kappa shape index (κ2) is 5.57. The molecule has 1 N–H and O–H groups in total. The number of H-pyrrole nitrogens is 1. The van der Waals surface area contributed by atoms with Crippen LogP contribution in [0.3, 0.4) is 0 Å². The van der Waals surface area contributed by atoms with Crippen molar-refractivity contribution in [1.82, 2.24) is 19.5 Å². The van der Waals surface area contributed by atoms with Crippen LogP contribution in [0, 0.1) is 5.82 Å². The molecule has 3 rings (SSSR count). The lowest BCUT2D eigenvalue weighted by Gasteiger charge is -2.27. The minimum atomic E-state index is -1.26. The maximum Gasteiger partial charge on any atom is 0.411 e. The number of ether oxygens (including phenoxy) is 1. The van der Waals surface area contributed by atoms with Gasteiger partial charge in [0.05, 0.1) is 12.6 Å². The lowest BCUT2D eigenvalue weighted by atomic mass is 10.2. The highest BCUT2D eigenvalue weighted by Crippen LogP contribution is 2.32. The topological polar surface area (TPSA) is 79.7 Å². The summed E-state index contributed by atoms with van der Waals surface area (Å²) in [6, 6.07) is 0.331. The number of fused-ring (bicyclic) bond motifs is 1. The Labute approximate surface area is 136 Å². The van der Waals surface area contributed by atoms with Crippen molar-refractivity contribution in [2.45, 2.75) is 45.0 Å². The number of nitrogens with zero attached hydrogens (tertiary/aromatic N) is 3. The fourth-order valence-electron chi connectivity index (χ4n) is 2.73. The van der Waals surface area contributed by atoms with Crippen LogP contribution >= 0.6 is 0 Å². The van der Waals surface area contributed by atoms with Gasteiger partial charge in [-0.1, -0.05) is 0 Å². The number of amides is 1. The fourth-order valence-corrected chi connectivity index (χ4v) is 2.73. The molecule has 1 aliphatic rings. The molecule has 24 heavy (non-hydrogen) atoms. The second-order valence-electron chi connectivity index (χ2n) is 6.78. The van der Waals surface area contributed by atoms with Gasteiger partial charge in [0.15, 0.2) is 17.2 Å². The summed E-state index contributed by atoms with van der Waals surface area (Å²) < 4.78 is 33.8. The summed E-state index contributed by atoms with van der Waals surface area (Å²) in [6.45, 7) is 4.97. The first-order chi connectivity index (χ1) is 11.2. The molecular formula is C15H18F2N4O3. The van der Waals surface area contributed by atoms with Crippen LogP contribution in [-0.4, -0.2) is 43.9 Å². The lowest BCUT2D eigenvalue weighted by Crippen LogP contribution is -2.38.